The van der Waals surface area contributed by atoms with Crippen LogP contribution in [0.2, 0.25) is 0 Å². The first kappa shape index (κ1) is 26.2. The Morgan fingerprint density at radius 1 is 1.17 bits per heavy atom. The molecule has 1 aromatic heterocycles. The number of aryl methyl sites for hydroxylation is 2. The van der Waals surface area contributed by atoms with Gasteiger partial charge >= 0.3 is 12.1 Å². The molecule has 1 N–H and O–H groups in total. The molecule has 9 heteroatoms. The van der Waals surface area contributed by atoms with Gasteiger partial charge in [-0.15, -0.1) is 11.3 Å². The minimum Gasteiger partial charge on any atom is -0.478 e. The van der Waals surface area contributed by atoms with Crippen LogP contribution in [0.1, 0.15) is 59.6 Å². The summed E-state index contributed by atoms with van der Waals surface area (Å²) in [6.07, 6.45) is -3.56. The van der Waals surface area contributed by atoms with E-state index in [2.05, 4.69) is 16.8 Å². The van der Waals surface area contributed by atoms with E-state index >= 15 is 0 Å². The number of thiazole rings is 1. The lowest BCUT2D eigenvalue weighted by molar-refractivity contribution is -0.152. The van der Waals surface area contributed by atoms with Crippen molar-refractivity contribution < 1.29 is 27.8 Å². The molecule has 1 atom stereocenters. The zero-order valence-electron chi connectivity index (χ0n) is 20.9. The topological polar surface area (TPSA) is 62.7 Å². The maximum Gasteiger partial charge on any atom is 0.416 e. The summed E-state index contributed by atoms with van der Waals surface area (Å²) in [7, 11) is 0. The van der Waals surface area contributed by atoms with Gasteiger partial charge in [0.05, 0.1) is 11.3 Å². The predicted molar refractivity (Wildman–Crippen MR) is 133 cm³/mol. The Morgan fingerprint density at radius 3 is 2.44 bits per heavy atom. The number of benzene rings is 2. The summed E-state index contributed by atoms with van der Waals surface area (Å²) in [6.45, 7) is 10.7. The fraction of sp³-hybridized carbons (Fsp3) is 0.407. The van der Waals surface area contributed by atoms with E-state index in [-0.39, 0.29) is 6.04 Å². The molecule has 0 fully saturated rings. The van der Waals surface area contributed by atoms with E-state index in [0.29, 0.717) is 16.3 Å². The summed E-state index contributed by atoms with van der Waals surface area (Å²) in [6, 6.07) is 9.04. The quantitative estimate of drug-likeness (QED) is 0.389. The molecule has 0 radical (unpaired) electrons. The second kappa shape index (κ2) is 9.52. The zero-order chi connectivity index (χ0) is 26.4. The number of aliphatic carboxylic acids is 1. The predicted octanol–water partition coefficient (Wildman–Crippen LogP) is 6.81. The number of aromatic nitrogens is 1. The average molecular weight is 519 g/mol. The van der Waals surface area contributed by atoms with E-state index in [4.69, 9.17) is 4.74 Å². The largest absolute Gasteiger partial charge is 0.478 e. The number of alkyl halides is 3. The van der Waals surface area contributed by atoms with Crippen molar-refractivity contribution in [2.24, 2.45) is 0 Å². The monoisotopic (exact) mass is 518 g/mol. The smallest absolute Gasteiger partial charge is 0.416 e. The molecule has 0 saturated carbocycles. The fourth-order valence-corrected chi connectivity index (χ4v) is 5.62. The van der Waals surface area contributed by atoms with Crippen molar-refractivity contribution in [3.8, 4) is 16.3 Å². The van der Waals surface area contributed by atoms with Gasteiger partial charge in [-0.3, -0.25) is 4.90 Å². The maximum atomic E-state index is 12.9. The normalized spacial score (nSPS) is 15.4. The van der Waals surface area contributed by atoms with E-state index in [9.17, 15) is 23.1 Å². The van der Waals surface area contributed by atoms with Gasteiger partial charge in [0, 0.05) is 29.6 Å². The Hall–Kier alpha value is -2.91. The van der Waals surface area contributed by atoms with Crippen molar-refractivity contribution in [3.63, 3.8) is 0 Å². The van der Waals surface area contributed by atoms with Crippen molar-refractivity contribution in [1.29, 1.82) is 0 Å². The SMILES string of the molecule is Cc1cc(OC(C)(C)C(=O)O)cc2c1CN([C@H](C)c1sc(-c3ccc(C(F)(F)F)cc3)nc1C)CC2. The summed E-state index contributed by atoms with van der Waals surface area (Å²) in [4.78, 5) is 19.6. The lowest BCUT2D eigenvalue weighted by Gasteiger charge is -2.35. The van der Waals surface area contributed by atoms with Crippen molar-refractivity contribution in [2.75, 3.05) is 6.54 Å². The van der Waals surface area contributed by atoms with Gasteiger partial charge in [-0.2, -0.15) is 13.2 Å². The second-order valence-corrected chi connectivity index (χ2v) is 10.8. The molecule has 1 aliphatic rings. The van der Waals surface area contributed by atoms with Gasteiger partial charge in [0.1, 0.15) is 10.8 Å². The highest BCUT2D eigenvalue weighted by Gasteiger charge is 2.32. The van der Waals surface area contributed by atoms with Crippen molar-refractivity contribution in [3.05, 3.63) is 69.2 Å². The number of carboxylic acids is 1. The maximum absolute atomic E-state index is 12.9. The molecule has 0 bridgehead atoms. The number of carbonyl (C=O) groups is 1. The highest BCUT2D eigenvalue weighted by molar-refractivity contribution is 7.15. The molecular weight excluding hydrogens is 489 g/mol. The lowest BCUT2D eigenvalue weighted by Crippen LogP contribution is -2.38. The van der Waals surface area contributed by atoms with E-state index in [1.807, 2.05) is 26.0 Å². The number of halogens is 3. The van der Waals surface area contributed by atoms with E-state index in [1.165, 1.54) is 42.9 Å². The van der Waals surface area contributed by atoms with Crippen LogP contribution in [0.3, 0.4) is 0 Å². The summed E-state index contributed by atoms with van der Waals surface area (Å²) < 4.78 is 44.5. The van der Waals surface area contributed by atoms with Crippen LogP contribution in [0.15, 0.2) is 36.4 Å². The molecule has 3 aromatic rings. The van der Waals surface area contributed by atoms with Gasteiger partial charge in [-0.05, 0) is 82.0 Å². The molecule has 192 valence electrons. The molecule has 36 heavy (non-hydrogen) atoms. The van der Waals surface area contributed by atoms with Gasteiger partial charge in [0.2, 0.25) is 0 Å². The number of hydrogen-bond donors (Lipinski definition) is 1. The summed E-state index contributed by atoms with van der Waals surface area (Å²) in [5.74, 6) is -0.465. The van der Waals surface area contributed by atoms with Crippen molar-refractivity contribution in [2.45, 2.75) is 65.4 Å². The van der Waals surface area contributed by atoms with Crippen LogP contribution in [0, 0.1) is 13.8 Å². The molecule has 0 amide bonds. The summed E-state index contributed by atoms with van der Waals surface area (Å²) >= 11 is 1.52. The summed E-state index contributed by atoms with van der Waals surface area (Å²) in [5.41, 5.74) is 2.97. The molecule has 5 nitrogen and oxygen atoms in total. The molecule has 2 heterocycles. The first-order valence-corrected chi connectivity index (χ1v) is 12.5. The first-order chi connectivity index (χ1) is 16.8. The molecule has 0 aliphatic carbocycles. The number of nitrogens with zero attached hydrogens (tertiary/aromatic N) is 2. The zero-order valence-corrected chi connectivity index (χ0v) is 21.7. The van der Waals surface area contributed by atoms with Crippen LogP contribution in [0.25, 0.3) is 10.6 Å². The number of fused-ring (bicyclic) bond motifs is 1. The van der Waals surface area contributed by atoms with Crippen LogP contribution < -0.4 is 4.74 Å². The van der Waals surface area contributed by atoms with Crippen LogP contribution in [0.5, 0.6) is 5.75 Å². The minimum absolute atomic E-state index is 0.0834. The minimum atomic E-state index is -4.36. The van der Waals surface area contributed by atoms with Gasteiger partial charge in [0.15, 0.2) is 5.60 Å². The Bertz CT molecular complexity index is 1280. The molecule has 1 aliphatic heterocycles. The molecular formula is C27H29F3N2O3S. The fourth-order valence-electron chi connectivity index (χ4n) is 4.46. The molecule has 2 aromatic carbocycles. The highest BCUT2D eigenvalue weighted by Crippen LogP contribution is 2.38. The van der Waals surface area contributed by atoms with Gasteiger partial charge < -0.3 is 9.84 Å². The first-order valence-electron chi connectivity index (χ1n) is 11.7. The third-order valence-corrected chi connectivity index (χ3v) is 8.05. The van der Waals surface area contributed by atoms with Crippen LogP contribution in [0.4, 0.5) is 13.2 Å². The van der Waals surface area contributed by atoms with Gasteiger partial charge in [0.25, 0.3) is 0 Å². The average Bonchev–Trinajstić information content (AvgIpc) is 3.19. The van der Waals surface area contributed by atoms with Crippen molar-refractivity contribution >= 4 is 17.3 Å². The number of rotatable bonds is 6. The number of carboxylic acid groups (broad SMARTS) is 1. The molecule has 0 saturated heterocycles. The third kappa shape index (κ3) is 5.27. The van der Waals surface area contributed by atoms with E-state index in [1.54, 1.807) is 0 Å². The number of ether oxygens (including phenoxy) is 1. The van der Waals surface area contributed by atoms with E-state index in [0.717, 1.165) is 53.3 Å². The highest BCUT2D eigenvalue weighted by atomic mass is 32.1. The Kier molecular flexibility index (Phi) is 6.92. The Labute approximate surface area is 212 Å². The lowest BCUT2D eigenvalue weighted by atomic mass is 9.94. The molecule has 0 unspecified atom stereocenters. The Morgan fingerprint density at radius 2 is 1.83 bits per heavy atom. The van der Waals surface area contributed by atoms with Crippen LogP contribution in [-0.2, 0) is 23.9 Å². The molecule has 4 rings (SSSR count). The van der Waals surface area contributed by atoms with Crippen LogP contribution in [-0.4, -0.2) is 33.1 Å². The molecule has 0 spiro atoms. The summed E-state index contributed by atoms with van der Waals surface area (Å²) in [5, 5.41) is 10.1. The second-order valence-electron chi connectivity index (χ2n) is 9.74. The standard InChI is InChI=1S/C27H29F3N2O3S/c1-15-12-21(35-26(4,5)25(33)34)13-19-10-11-32(14-22(15)19)17(3)23-16(2)31-24(36-23)18-6-8-20(9-7-18)27(28,29)30/h6-9,12-13,17H,10-11,14H2,1-5H3,(H,33,34)/t17-/m1/s1. The van der Waals surface area contributed by atoms with Crippen molar-refractivity contribution in [1.82, 2.24) is 9.88 Å². The van der Waals surface area contributed by atoms with Gasteiger partial charge in [-0.25, -0.2) is 9.78 Å². The van der Waals surface area contributed by atoms with Gasteiger partial charge in [-0.1, -0.05) is 12.1 Å². The van der Waals surface area contributed by atoms with E-state index < -0.39 is 23.3 Å². The Balaban J connectivity index is 1.53. The number of hydrogen-bond acceptors (Lipinski definition) is 5. The van der Waals surface area contributed by atoms with Crippen LogP contribution >= 0.6 is 11.3 Å². The third-order valence-electron chi connectivity index (χ3n) is 6.68.